The maximum Gasteiger partial charge on any atom is 0.339 e. The minimum absolute atomic E-state index is 0.0299. The summed E-state index contributed by atoms with van der Waals surface area (Å²) in [6, 6.07) is 0. The van der Waals surface area contributed by atoms with Crippen LogP contribution in [0.25, 0.3) is 0 Å². The fraction of sp³-hybridized carbons (Fsp3) is 0.824. The zero-order valence-electron chi connectivity index (χ0n) is 15.6. The molecule has 0 rings (SSSR count). The van der Waals surface area contributed by atoms with E-state index < -0.39 is 24.2 Å². The van der Waals surface area contributed by atoms with Crippen molar-refractivity contribution in [1.82, 2.24) is 0 Å². The van der Waals surface area contributed by atoms with E-state index in [2.05, 4.69) is 6.58 Å². The largest absolute Gasteiger partial charge is 0.339 e. The molecule has 0 saturated carbocycles. The fourth-order valence-electron chi connectivity index (χ4n) is 1.85. The van der Waals surface area contributed by atoms with Gasteiger partial charge in [-0.3, -0.25) is 9.36 Å². The number of ketones is 1. The second kappa shape index (κ2) is 6.98. The number of hydrogen-bond donors (Lipinski definition) is 0. The van der Waals surface area contributed by atoms with Crippen LogP contribution < -0.4 is 0 Å². The van der Waals surface area contributed by atoms with Gasteiger partial charge in [0, 0.05) is 5.41 Å². The molecule has 0 saturated heterocycles. The maximum absolute atomic E-state index is 13.1. The Balaban J connectivity index is 5.44. The van der Waals surface area contributed by atoms with E-state index in [1.807, 2.05) is 20.8 Å². The van der Waals surface area contributed by atoms with Crippen LogP contribution in [0, 0.1) is 11.3 Å². The molecule has 0 amide bonds. The monoisotopic (exact) mass is 332 g/mol. The molecule has 0 aromatic carbocycles. The van der Waals surface area contributed by atoms with Crippen molar-refractivity contribution in [3.63, 3.8) is 0 Å². The van der Waals surface area contributed by atoms with Gasteiger partial charge in [0.25, 0.3) is 0 Å². The highest BCUT2D eigenvalue weighted by atomic mass is 31.2. The molecular weight excluding hydrogens is 299 g/mol. The molecule has 0 spiro atoms. The molecule has 0 N–H and O–H groups in total. The van der Waals surface area contributed by atoms with Crippen molar-refractivity contribution in [2.75, 3.05) is 6.16 Å². The third-order valence-corrected chi connectivity index (χ3v) is 5.70. The predicted molar refractivity (Wildman–Crippen MR) is 92.3 cm³/mol. The van der Waals surface area contributed by atoms with Gasteiger partial charge in [-0.1, -0.05) is 26.8 Å². The first-order chi connectivity index (χ1) is 9.52. The van der Waals surface area contributed by atoms with Crippen molar-refractivity contribution in [1.29, 1.82) is 0 Å². The second-order valence-corrected chi connectivity index (χ2v) is 10.2. The average molecular weight is 332 g/mol. The Morgan fingerprint density at radius 2 is 1.41 bits per heavy atom. The van der Waals surface area contributed by atoms with Crippen LogP contribution in [0.1, 0.15) is 62.3 Å². The van der Waals surface area contributed by atoms with Crippen molar-refractivity contribution >= 4 is 13.4 Å². The van der Waals surface area contributed by atoms with Crippen LogP contribution in [0.4, 0.5) is 0 Å². The number of carbonyl (C=O) groups excluding carboxylic acids is 1. The second-order valence-electron chi connectivity index (χ2n) is 8.35. The quantitative estimate of drug-likeness (QED) is 0.473. The van der Waals surface area contributed by atoms with E-state index in [-0.39, 0.29) is 17.9 Å². The van der Waals surface area contributed by atoms with Crippen LogP contribution in [0.2, 0.25) is 0 Å². The summed E-state index contributed by atoms with van der Waals surface area (Å²) in [6.45, 7) is 20.1. The number of Topliss-reactive ketones (excluding diaryl/α,β-unsaturated/α-hetero) is 1. The molecule has 22 heavy (non-hydrogen) atoms. The molecule has 0 aromatic heterocycles. The van der Waals surface area contributed by atoms with Crippen LogP contribution >= 0.6 is 7.60 Å². The van der Waals surface area contributed by atoms with E-state index in [1.165, 1.54) is 0 Å². The van der Waals surface area contributed by atoms with Gasteiger partial charge in [-0.2, -0.15) is 0 Å². The summed E-state index contributed by atoms with van der Waals surface area (Å²) in [7, 11) is -3.55. The summed E-state index contributed by atoms with van der Waals surface area (Å²) in [5, 5.41) is 0. The van der Waals surface area contributed by atoms with E-state index in [9.17, 15) is 9.36 Å². The summed E-state index contributed by atoms with van der Waals surface area (Å²) < 4.78 is 24.5. The van der Waals surface area contributed by atoms with Crippen LogP contribution in [-0.2, 0) is 18.4 Å². The third-order valence-electron chi connectivity index (χ3n) is 3.37. The highest BCUT2D eigenvalue weighted by molar-refractivity contribution is 7.55. The molecule has 0 heterocycles. The lowest BCUT2D eigenvalue weighted by Crippen LogP contribution is -2.35. The molecule has 130 valence electrons. The van der Waals surface area contributed by atoms with Gasteiger partial charge in [0.2, 0.25) is 0 Å². The topological polar surface area (TPSA) is 52.6 Å². The summed E-state index contributed by atoms with van der Waals surface area (Å²) >= 11 is 0. The lowest BCUT2D eigenvalue weighted by molar-refractivity contribution is -0.126. The lowest BCUT2D eigenvalue weighted by Gasteiger charge is -2.34. The van der Waals surface area contributed by atoms with E-state index in [1.54, 1.807) is 47.6 Å². The van der Waals surface area contributed by atoms with Gasteiger partial charge in [0.15, 0.2) is 5.78 Å². The van der Waals surface area contributed by atoms with E-state index in [0.717, 1.165) is 0 Å². The first-order valence-corrected chi connectivity index (χ1v) is 9.42. The Kier molecular flexibility index (Phi) is 6.84. The molecule has 0 radical (unpaired) electrons. The smallest absolute Gasteiger partial charge is 0.302 e. The number of carbonyl (C=O) groups is 1. The molecular formula is C17H33O4P. The van der Waals surface area contributed by atoms with Crippen LogP contribution in [0.15, 0.2) is 12.7 Å². The molecule has 5 heteroatoms. The molecule has 0 fully saturated rings. The van der Waals surface area contributed by atoms with Crippen LogP contribution in [0.5, 0.6) is 0 Å². The molecule has 4 nitrogen and oxygen atoms in total. The van der Waals surface area contributed by atoms with Gasteiger partial charge >= 0.3 is 7.60 Å². The lowest BCUT2D eigenvalue weighted by atomic mass is 9.77. The van der Waals surface area contributed by atoms with E-state index >= 15 is 0 Å². The van der Waals surface area contributed by atoms with Crippen molar-refractivity contribution in [3.8, 4) is 0 Å². The highest BCUT2D eigenvalue weighted by Gasteiger charge is 2.42. The summed E-state index contributed by atoms with van der Waals surface area (Å²) in [5.74, 6) is -0.172. The molecule has 0 aliphatic carbocycles. The Labute approximate surface area is 136 Å². The first-order valence-electron chi connectivity index (χ1n) is 7.69. The van der Waals surface area contributed by atoms with Gasteiger partial charge in [0.1, 0.15) is 6.16 Å². The number of hydrogen-bond acceptors (Lipinski definition) is 4. The number of allylic oxidation sites excluding steroid dienone is 1. The standard InChI is InChI=1S/C17H33O4P/c1-11-13(2)17(9,10)14(18)12-22(19,20-15(3,4)5)21-16(6,7)8/h11,13H,1,12H2,2-10H3. The number of rotatable bonds is 7. The summed E-state index contributed by atoms with van der Waals surface area (Å²) in [4.78, 5) is 12.7. The molecule has 1 unspecified atom stereocenters. The SMILES string of the molecule is C=CC(C)C(C)(C)C(=O)CP(=O)(OC(C)(C)C)OC(C)(C)C. The average Bonchev–Trinajstić information content (AvgIpc) is 2.21. The predicted octanol–water partition coefficient (Wildman–Crippen LogP) is 5.23. The molecule has 0 aromatic rings. The van der Waals surface area contributed by atoms with Gasteiger partial charge in [-0.05, 0) is 47.5 Å². The van der Waals surface area contributed by atoms with Gasteiger partial charge < -0.3 is 9.05 Å². The van der Waals surface area contributed by atoms with Crippen molar-refractivity contribution in [2.24, 2.45) is 11.3 Å². The normalized spacial score (nSPS) is 15.5. The molecule has 0 aliphatic rings. The fourth-order valence-corrected chi connectivity index (χ4v) is 4.44. The van der Waals surface area contributed by atoms with Crippen molar-refractivity contribution in [3.05, 3.63) is 12.7 Å². The van der Waals surface area contributed by atoms with E-state index in [0.29, 0.717) is 0 Å². The van der Waals surface area contributed by atoms with Crippen LogP contribution in [0.3, 0.4) is 0 Å². The zero-order valence-corrected chi connectivity index (χ0v) is 16.5. The summed E-state index contributed by atoms with van der Waals surface area (Å²) in [6.07, 6.45) is 1.50. The van der Waals surface area contributed by atoms with E-state index in [4.69, 9.17) is 9.05 Å². The Morgan fingerprint density at radius 1 is 1.05 bits per heavy atom. The maximum atomic E-state index is 13.1. The molecule has 0 aliphatic heterocycles. The molecule has 0 bridgehead atoms. The van der Waals surface area contributed by atoms with Crippen molar-refractivity contribution in [2.45, 2.75) is 73.5 Å². The zero-order chi connectivity index (χ0) is 18.0. The Morgan fingerprint density at radius 3 is 1.68 bits per heavy atom. The van der Waals surface area contributed by atoms with Crippen molar-refractivity contribution < 1.29 is 18.4 Å². The van der Waals surface area contributed by atoms with Gasteiger partial charge in [0.05, 0.1) is 11.2 Å². The van der Waals surface area contributed by atoms with Gasteiger partial charge in [-0.25, -0.2) is 0 Å². The highest BCUT2D eigenvalue weighted by Crippen LogP contribution is 2.55. The minimum atomic E-state index is -3.55. The summed E-state index contributed by atoms with van der Waals surface area (Å²) in [5.41, 5.74) is -1.98. The van der Waals surface area contributed by atoms with Gasteiger partial charge in [-0.15, -0.1) is 6.58 Å². The molecule has 1 atom stereocenters. The Hall–Kier alpha value is -0.440. The minimum Gasteiger partial charge on any atom is -0.302 e. The van der Waals surface area contributed by atoms with Crippen LogP contribution in [-0.4, -0.2) is 23.1 Å². The third kappa shape index (κ3) is 7.21. The Bertz CT molecular complexity index is 432. The first kappa shape index (κ1) is 21.6.